The second kappa shape index (κ2) is 15.3. The number of rotatable bonds is 9. The molecule has 4 rings (SSSR count). The smallest absolute Gasteiger partial charge is 0.416 e. The Hall–Kier alpha value is -5.28. The number of carbonyl (C=O) groups excluding carboxylic acids is 1. The van der Waals surface area contributed by atoms with E-state index in [1.54, 1.807) is 30.3 Å². The van der Waals surface area contributed by atoms with Crippen molar-refractivity contribution in [2.45, 2.75) is 51.4 Å². The van der Waals surface area contributed by atoms with E-state index in [9.17, 15) is 36.4 Å². The molecular weight excluding hydrogens is 616 g/mol. The van der Waals surface area contributed by atoms with E-state index in [0.717, 1.165) is 17.5 Å². The average Bonchev–Trinajstić information content (AvgIpc) is 3.05. The Balaban J connectivity index is 1.42. The fraction of sp³-hybridized carbons (Fsp3) is 0.211. The van der Waals surface area contributed by atoms with Crippen molar-refractivity contribution in [2.24, 2.45) is 0 Å². The van der Waals surface area contributed by atoms with E-state index in [2.05, 4.69) is 37.0 Å². The van der Waals surface area contributed by atoms with E-state index in [1.165, 1.54) is 55.5 Å². The predicted molar refractivity (Wildman–Crippen MR) is 168 cm³/mol. The fourth-order valence-corrected chi connectivity index (χ4v) is 4.60. The summed E-state index contributed by atoms with van der Waals surface area (Å²) >= 11 is 0. The molecule has 3 nitrogen and oxygen atoms in total. The van der Waals surface area contributed by atoms with Gasteiger partial charge in [-0.05, 0) is 90.2 Å². The Morgan fingerprint density at radius 3 is 1.77 bits per heavy atom. The molecule has 9 heteroatoms. The van der Waals surface area contributed by atoms with E-state index in [4.69, 9.17) is 4.74 Å². The molecule has 0 N–H and O–H groups in total. The van der Waals surface area contributed by atoms with Gasteiger partial charge in [0.25, 0.3) is 0 Å². The molecule has 0 spiro atoms. The number of unbranched alkanes of at least 4 members (excludes halogenated alkanes) is 3. The number of esters is 1. The van der Waals surface area contributed by atoms with Gasteiger partial charge in [0.15, 0.2) is 0 Å². The van der Waals surface area contributed by atoms with Crippen molar-refractivity contribution in [3.8, 4) is 23.7 Å². The van der Waals surface area contributed by atoms with Gasteiger partial charge >= 0.3 is 18.3 Å². The van der Waals surface area contributed by atoms with Crippen LogP contribution < -0.4 is 4.74 Å². The molecule has 0 aliphatic heterocycles. The molecule has 0 saturated heterocycles. The number of nitrogens with zero attached hydrogens (tertiary/aromatic N) is 1. The highest BCUT2D eigenvalue weighted by molar-refractivity contribution is 5.93. The van der Waals surface area contributed by atoms with Crippen molar-refractivity contribution in [3.63, 3.8) is 0 Å². The van der Waals surface area contributed by atoms with Gasteiger partial charge in [0.1, 0.15) is 5.75 Å². The number of nitriles is 1. The molecule has 0 aliphatic rings. The van der Waals surface area contributed by atoms with Gasteiger partial charge in [-0.2, -0.15) is 31.6 Å². The SMILES string of the molecule is CCCCCCc1ccc(C#Cc2ccc(/C(C#N)=C\c3ccc(C(=O)Oc4cc(C(F)(F)F)cc(C(F)(F)F)c4)cc3)cc2)cc1. The number of aryl methyl sites for hydroxylation is 1. The average molecular weight is 646 g/mol. The van der Waals surface area contributed by atoms with Crippen LogP contribution in [0, 0.1) is 23.2 Å². The first kappa shape index (κ1) is 34.6. The number of halogens is 6. The van der Waals surface area contributed by atoms with E-state index < -0.39 is 35.2 Å². The number of hydrogen-bond acceptors (Lipinski definition) is 3. The van der Waals surface area contributed by atoms with Gasteiger partial charge in [-0.3, -0.25) is 0 Å². The largest absolute Gasteiger partial charge is 0.423 e. The lowest BCUT2D eigenvalue weighted by atomic mass is 10.0. The van der Waals surface area contributed by atoms with E-state index in [0.29, 0.717) is 28.8 Å². The fourth-order valence-electron chi connectivity index (χ4n) is 4.60. The minimum absolute atomic E-state index is 0.0539. The highest BCUT2D eigenvalue weighted by Crippen LogP contribution is 2.38. The van der Waals surface area contributed by atoms with E-state index >= 15 is 0 Å². The van der Waals surface area contributed by atoms with Crippen LogP contribution in [-0.2, 0) is 18.8 Å². The van der Waals surface area contributed by atoms with Gasteiger partial charge in [0.2, 0.25) is 0 Å². The van der Waals surface area contributed by atoms with Crippen LogP contribution in [0.4, 0.5) is 26.3 Å². The molecule has 0 radical (unpaired) electrons. The summed E-state index contributed by atoms with van der Waals surface area (Å²) in [6, 6.07) is 23.6. The molecule has 0 atom stereocenters. The van der Waals surface area contributed by atoms with Gasteiger partial charge in [0.05, 0.1) is 28.3 Å². The standard InChI is InChI=1S/C38H29F6NO2/c1-2-3-4-5-6-26-7-9-27(10-8-26)11-12-28-13-17-30(18-14-28)32(25-45)21-29-15-19-31(20-16-29)36(46)47-35-23-33(37(39,40)41)22-34(24-35)38(42,43)44/h7-10,13-24H,2-6H2,1H3/b32-21-. The third-order valence-corrected chi connectivity index (χ3v) is 7.17. The van der Waals surface area contributed by atoms with Crippen LogP contribution >= 0.6 is 0 Å². The Kier molecular flexibility index (Phi) is 11.3. The summed E-state index contributed by atoms with van der Waals surface area (Å²) in [7, 11) is 0. The molecule has 0 unspecified atom stereocenters. The van der Waals surface area contributed by atoms with Gasteiger partial charge in [-0.25, -0.2) is 4.79 Å². The normalized spacial score (nSPS) is 11.7. The topological polar surface area (TPSA) is 50.1 Å². The van der Waals surface area contributed by atoms with E-state index in [-0.39, 0.29) is 11.6 Å². The summed E-state index contributed by atoms with van der Waals surface area (Å²) < 4.78 is 83.6. The highest BCUT2D eigenvalue weighted by atomic mass is 19.4. The summed E-state index contributed by atoms with van der Waals surface area (Å²) in [5.41, 5.74) is 1.11. The molecule has 0 amide bonds. The number of benzene rings is 4. The molecule has 0 bridgehead atoms. The molecule has 240 valence electrons. The number of carbonyl (C=O) groups is 1. The summed E-state index contributed by atoms with van der Waals surface area (Å²) in [4.78, 5) is 12.5. The monoisotopic (exact) mass is 645 g/mol. The zero-order valence-electron chi connectivity index (χ0n) is 25.3. The molecule has 4 aromatic rings. The van der Waals surface area contributed by atoms with Gasteiger partial charge in [0, 0.05) is 11.1 Å². The molecular formula is C38H29F6NO2. The Morgan fingerprint density at radius 2 is 1.26 bits per heavy atom. The third kappa shape index (κ3) is 10.1. The van der Waals surface area contributed by atoms with Gasteiger partial charge in [-0.1, -0.05) is 74.4 Å². The third-order valence-electron chi connectivity index (χ3n) is 7.17. The molecule has 0 aliphatic carbocycles. The number of hydrogen-bond donors (Lipinski definition) is 0. The van der Waals surface area contributed by atoms with Crippen molar-refractivity contribution < 1.29 is 35.9 Å². The minimum Gasteiger partial charge on any atom is -0.423 e. The van der Waals surface area contributed by atoms with Crippen LogP contribution in [0.1, 0.15) is 81.9 Å². The first-order chi connectivity index (χ1) is 22.4. The van der Waals surface area contributed by atoms with Crippen molar-refractivity contribution in [1.82, 2.24) is 0 Å². The van der Waals surface area contributed by atoms with Gasteiger partial charge in [-0.15, -0.1) is 0 Å². The van der Waals surface area contributed by atoms with Crippen LogP contribution in [0.2, 0.25) is 0 Å². The number of alkyl halides is 6. The lowest BCUT2D eigenvalue weighted by Crippen LogP contribution is -2.13. The predicted octanol–water partition coefficient (Wildman–Crippen LogP) is 10.5. The summed E-state index contributed by atoms with van der Waals surface area (Å²) in [5, 5.41) is 9.75. The van der Waals surface area contributed by atoms with E-state index in [1.807, 2.05) is 12.1 Å². The summed E-state index contributed by atoms with van der Waals surface area (Å²) in [5.74, 6) is 4.22. The first-order valence-electron chi connectivity index (χ1n) is 14.8. The van der Waals surface area contributed by atoms with Crippen molar-refractivity contribution in [3.05, 3.63) is 136 Å². The second-order valence-corrected chi connectivity index (χ2v) is 10.8. The van der Waals surface area contributed by atoms with Crippen LogP contribution in [0.3, 0.4) is 0 Å². The van der Waals surface area contributed by atoms with Crippen LogP contribution in [-0.4, -0.2) is 5.97 Å². The van der Waals surface area contributed by atoms with Gasteiger partial charge < -0.3 is 4.74 Å². The molecule has 0 saturated carbocycles. The maximum Gasteiger partial charge on any atom is 0.416 e. The molecule has 0 heterocycles. The summed E-state index contributed by atoms with van der Waals surface area (Å²) in [6.45, 7) is 2.19. The zero-order chi connectivity index (χ0) is 34.0. The lowest BCUT2D eigenvalue weighted by Gasteiger charge is -2.14. The highest BCUT2D eigenvalue weighted by Gasteiger charge is 2.37. The quantitative estimate of drug-likeness (QED) is 0.0346. The first-order valence-corrected chi connectivity index (χ1v) is 14.8. The maximum atomic E-state index is 13.1. The van der Waals surface area contributed by atoms with Crippen molar-refractivity contribution >= 4 is 17.6 Å². The van der Waals surface area contributed by atoms with Crippen LogP contribution in [0.15, 0.2) is 91.0 Å². The zero-order valence-corrected chi connectivity index (χ0v) is 25.3. The van der Waals surface area contributed by atoms with Crippen LogP contribution in [0.5, 0.6) is 5.75 Å². The lowest BCUT2D eigenvalue weighted by molar-refractivity contribution is -0.143. The Morgan fingerprint density at radius 1 is 0.723 bits per heavy atom. The summed E-state index contributed by atoms with van der Waals surface area (Å²) in [6.07, 6.45) is -2.67. The van der Waals surface area contributed by atoms with Crippen LogP contribution in [0.25, 0.3) is 11.6 Å². The number of ether oxygens (including phenoxy) is 1. The molecule has 0 fully saturated rings. The molecule has 47 heavy (non-hydrogen) atoms. The Bertz CT molecular complexity index is 1790. The second-order valence-electron chi connectivity index (χ2n) is 10.8. The molecule has 0 aromatic heterocycles. The minimum atomic E-state index is -5.08. The van der Waals surface area contributed by atoms with Crippen molar-refractivity contribution in [1.29, 1.82) is 5.26 Å². The Labute approximate surface area is 269 Å². The molecule has 4 aromatic carbocycles. The van der Waals surface area contributed by atoms with Crippen molar-refractivity contribution in [2.75, 3.05) is 0 Å². The number of allylic oxidation sites excluding steroid dienone is 1. The maximum absolute atomic E-state index is 13.1.